The summed E-state index contributed by atoms with van der Waals surface area (Å²) in [6, 6.07) is 0. The minimum absolute atomic E-state index is 0.0555. The third-order valence-electron chi connectivity index (χ3n) is 1.44. The maximum atomic E-state index is 10.2. The van der Waals surface area contributed by atoms with Gasteiger partial charge in [0.25, 0.3) is 0 Å². The third kappa shape index (κ3) is 8.59. The van der Waals surface area contributed by atoms with Crippen molar-refractivity contribution in [3.8, 4) is 0 Å². The average Bonchev–Trinajstić information content (AvgIpc) is 2.04. The fourth-order valence-corrected chi connectivity index (χ4v) is 1.44. The van der Waals surface area contributed by atoms with Crippen molar-refractivity contribution in [2.24, 2.45) is 0 Å². The van der Waals surface area contributed by atoms with Gasteiger partial charge in [-0.1, -0.05) is 19.3 Å². The molecule has 0 radical (unpaired) electrons. The Bertz CT molecular complexity index is 100. The predicted octanol–water partition coefficient (Wildman–Crippen LogP) is 4.03. The molecule has 0 aromatic rings. The topological polar surface area (TPSA) is 17.1 Å². The first-order valence-corrected chi connectivity index (χ1v) is 5.69. The van der Waals surface area contributed by atoms with Crippen LogP contribution in [0.3, 0.4) is 0 Å². The first-order chi connectivity index (χ1) is 5.31. The lowest BCUT2D eigenvalue weighted by atomic mass is 10.2. The summed E-state index contributed by atoms with van der Waals surface area (Å²) in [5, 5.41) is -0.189. The molecule has 1 nitrogen and oxygen atoms in total. The molecule has 0 aliphatic rings. The maximum absolute atomic E-state index is 10.2. The Morgan fingerprint density at radius 1 is 1.18 bits per heavy atom. The van der Waals surface area contributed by atoms with E-state index in [1.807, 2.05) is 0 Å². The van der Waals surface area contributed by atoms with E-state index in [1.165, 1.54) is 0 Å². The van der Waals surface area contributed by atoms with Crippen molar-refractivity contribution < 1.29 is 4.57 Å². The molecule has 0 aliphatic heterocycles. The second-order valence-electron chi connectivity index (χ2n) is 2.43. The summed E-state index contributed by atoms with van der Waals surface area (Å²) in [5.74, 6) is 0.740. The summed E-state index contributed by atoms with van der Waals surface area (Å²) in [6.45, 7) is 0. The van der Waals surface area contributed by atoms with Crippen LogP contribution < -0.4 is 0 Å². The minimum Gasteiger partial charge on any atom is -0.273 e. The van der Waals surface area contributed by atoms with Gasteiger partial charge in [-0.25, -0.2) is 0 Å². The van der Waals surface area contributed by atoms with E-state index < -0.39 is 0 Å². The summed E-state index contributed by atoms with van der Waals surface area (Å²) in [6.07, 6.45) is 5.27. The number of hydrogen-bond acceptors (Lipinski definition) is 1. The molecule has 0 fully saturated rings. The van der Waals surface area contributed by atoms with Gasteiger partial charge in [0.15, 0.2) is 8.46 Å². The standard InChI is InChI=1S/C7H13Cl2OP/c8-6-4-2-1-3-5-7(9)11-10/h7H,1-6H2. The monoisotopic (exact) mass is 214 g/mol. The smallest absolute Gasteiger partial charge is 0.174 e. The molecule has 0 heterocycles. The molecule has 11 heavy (non-hydrogen) atoms. The molecule has 0 aromatic carbocycles. The molecule has 0 aliphatic carbocycles. The Labute approximate surface area is 79.7 Å². The van der Waals surface area contributed by atoms with Crippen LogP contribution in [0.1, 0.15) is 32.1 Å². The molecule has 0 N–H and O–H groups in total. The molecule has 4 heteroatoms. The molecule has 0 aromatic heterocycles. The van der Waals surface area contributed by atoms with E-state index in [4.69, 9.17) is 23.2 Å². The number of hydrogen-bond donors (Lipinski definition) is 0. The van der Waals surface area contributed by atoms with Crippen molar-refractivity contribution in [3.05, 3.63) is 0 Å². The summed E-state index contributed by atoms with van der Waals surface area (Å²) in [4.78, 5) is 0. The molecule has 1 atom stereocenters. The largest absolute Gasteiger partial charge is 0.273 e. The quantitative estimate of drug-likeness (QED) is 0.356. The van der Waals surface area contributed by atoms with Crippen LogP contribution in [0.15, 0.2) is 0 Å². The van der Waals surface area contributed by atoms with E-state index in [-0.39, 0.29) is 13.6 Å². The van der Waals surface area contributed by atoms with Gasteiger partial charge in [0.2, 0.25) is 0 Å². The lowest BCUT2D eigenvalue weighted by molar-refractivity contribution is 0.590. The van der Waals surface area contributed by atoms with Gasteiger partial charge in [-0.05, 0) is 12.8 Å². The molecular formula is C7H13Cl2OP. The van der Waals surface area contributed by atoms with Gasteiger partial charge in [0, 0.05) is 5.88 Å². The van der Waals surface area contributed by atoms with Crippen molar-refractivity contribution in [3.63, 3.8) is 0 Å². The minimum atomic E-state index is -0.189. The van der Waals surface area contributed by atoms with E-state index in [2.05, 4.69) is 0 Å². The maximum Gasteiger partial charge on any atom is 0.174 e. The van der Waals surface area contributed by atoms with Crippen LogP contribution >= 0.6 is 31.7 Å². The fourth-order valence-electron chi connectivity index (χ4n) is 0.814. The van der Waals surface area contributed by atoms with Crippen molar-refractivity contribution in [2.45, 2.75) is 37.2 Å². The predicted molar refractivity (Wildman–Crippen MR) is 51.1 cm³/mol. The zero-order chi connectivity index (χ0) is 8.53. The Hall–Kier alpha value is 0.680. The van der Waals surface area contributed by atoms with Crippen LogP contribution in [0.25, 0.3) is 0 Å². The summed E-state index contributed by atoms with van der Waals surface area (Å²) in [7, 11) is 0.0555. The van der Waals surface area contributed by atoms with Crippen LogP contribution in [0.2, 0.25) is 0 Å². The molecule has 0 spiro atoms. The van der Waals surface area contributed by atoms with Crippen LogP contribution in [0.4, 0.5) is 0 Å². The van der Waals surface area contributed by atoms with Crippen LogP contribution in [-0.4, -0.2) is 11.0 Å². The van der Waals surface area contributed by atoms with Crippen molar-refractivity contribution in [1.29, 1.82) is 0 Å². The second-order valence-corrected chi connectivity index (χ2v) is 4.48. The zero-order valence-electron chi connectivity index (χ0n) is 6.43. The third-order valence-corrected chi connectivity index (χ3v) is 2.65. The molecule has 66 valence electrons. The summed E-state index contributed by atoms with van der Waals surface area (Å²) < 4.78 is 10.2. The SMILES string of the molecule is O=PC(Cl)CCCCCCCl. The molecular weight excluding hydrogens is 202 g/mol. The molecule has 0 bridgehead atoms. The molecule has 1 unspecified atom stereocenters. The number of unbranched alkanes of at least 4 members (excludes halogenated alkanes) is 3. The molecule has 0 saturated carbocycles. The summed E-state index contributed by atoms with van der Waals surface area (Å²) in [5.41, 5.74) is 0. The van der Waals surface area contributed by atoms with Crippen LogP contribution in [0, 0.1) is 0 Å². The van der Waals surface area contributed by atoms with Crippen molar-refractivity contribution in [2.75, 3.05) is 5.88 Å². The van der Waals surface area contributed by atoms with E-state index in [0.29, 0.717) is 0 Å². The molecule has 0 saturated heterocycles. The zero-order valence-corrected chi connectivity index (χ0v) is 8.84. The van der Waals surface area contributed by atoms with E-state index in [0.717, 1.165) is 38.0 Å². The normalized spacial score (nSPS) is 13.6. The first kappa shape index (κ1) is 11.7. The Morgan fingerprint density at radius 2 is 1.82 bits per heavy atom. The lowest BCUT2D eigenvalue weighted by Gasteiger charge is -1.99. The van der Waals surface area contributed by atoms with E-state index >= 15 is 0 Å². The highest BCUT2D eigenvalue weighted by Gasteiger charge is 2.01. The van der Waals surface area contributed by atoms with Crippen molar-refractivity contribution in [1.82, 2.24) is 0 Å². The number of alkyl halides is 2. The van der Waals surface area contributed by atoms with Gasteiger partial charge in [0.05, 0.1) is 0 Å². The average molecular weight is 215 g/mol. The molecule has 0 rings (SSSR count). The highest BCUT2D eigenvalue weighted by Crippen LogP contribution is 2.18. The second kappa shape index (κ2) is 8.77. The van der Waals surface area contributed by atoms with Gasteiger partial charge in [-0.2, -0.15) is 0 Å². The summed E-state index contributed by atoms with van der Waals surface area (Å²) >= 11 is 11.1. The van der Waals surface area contributed by atoms with Gasteiger partial charge in [-0.15, -0.1) is 23.2 Å². The number of rotatable bonds is 7. The van der Waals surface area contributed by atoms with Gasteiger partial charge in [-0.3, -0.25) is 4.57 Å². The Balaban J connectivity index is 2.95. The van der Waals surface area contributed by atoms with Gasteiger partial charge < -0.3 is 0 Å². The lowest BCUT2D eigenvalue weighted by Crippen LogP contribution is -1.87. The van der Waals surface area contributed by atoms with E-state index in [9.17, 15) is 4.57 Å². The Morgan fingerprint density at radius 3 is 2.36 bits per heavy atom. The first-order valence-electron chi connectivity index (χ1n) is 3.83. The van der Waals surface area contributed by atoms with Gasteiger partial charge in [0.1, 0.15) is 5.12 Å². The highest BCUT2D eigenvalue weighted by molar-refractivity contribution is 7.27. The van der Waals surface area contributed by atoms with E-state index in [1.54, 1.807) is 0 Å². The number of halogens is 2. The highest BCUT2D eigenvalue weighted by atomic mass is 35.5. The molecule has 0 amide bonds. The van der Waals surface area contributed by atoms with Crippen LogP contribution in [-0.2, 0) is 4.57 Å². The van der Waals surface area contributed by atoms with Crippen molar-refractivity contribution >= 4 is 31.7 Å². The van der Waals surface area contributed by atoms with Gasteiger partial charge >= 0.3 is 0 Å². The fraction of sp³-hybridized carbons (Fsp3) is 1.00. The van der Waals surface area contributed by atoms with Crippen LogP contribution in [0.5, 0.6) is 0 Å². The Kier molecular flexibility index (Phi) is 9.32.